The minimum atomic E-state index is -3.10. The van der Waals surface area contributed by atoms with Gasteiger partial charge in [0.1, 0.15) is 4.32 Å². The molecule has 0 aromatic heterocycles. The molecule has 9 heteroatoms. The largest absolute Gasteiger partial charge is 0.504 e. The van der Waals surface area contributed by atoms with Crippen LogP contribution in [0.15, 0.2) is 23.1 Å². The third-order valence-electron chi connectivity index (χ3n) is 3.98. The summed E-state index contributed by atoms with van der Waals surface area (Å²) in [6.07, 6.45) is 2.08. The van der Waals surface area contributed by atoms with E-state index in [-0.39, 0.29) is 29.2 Å². The maximum atomic E-state index is 12.7. The average Bonchev–Trinajstić information content (AvgIpc) is 3.02. The van der Waals surface area contributed by atoms with Crippen molar-refractivity contribution in [2.24, 2.45) is 0 Å². The van der Waals surface area contributed by atoms with Gasteiger partial charge in [0.25, 0.3) is 5.91 Å². The summed E-state index contributed by atoms with van der Waals surface area (Å²) in [6.45, 7) is 2.22. The van der Waals surface area contributed by atoms with Gasteiger partial charge in [-0.2, -0.15) is 0 Å². The molecule has 0 saturated carbocycles. The number of phenols is 1. The molecule has 2 aliphatic heterocycles. The van der Waals surface area contributed by atoms with E-state index in [1.807, 2.05) is 6.92 Å². The first-order valence-corrected chi connectivity index (χ1v) is 10.8. The molecule has 0 spiro atoms. The van der Waals surface area contributed by atoms with Gasteiger partial charge in [-0.15, -0.1) is 0 Å². The number of phenolic OH excluding ortho intramolecular Hbond substituents is 1. The molecule has 1 aromatic rings. The third-order valence-corrected chi connectivity index (χ3v) is 7.06. The van der Waals surface area contributed by atoms with E-state index in [0.717, 1.165) is 11.8 Å². The van der Waals surface area contributed by atoms with Gasteiger partial charge in [0.15, 0.2) is 21.3 Å². The molecule has 2 saturated heterocycles. The fraction of sp³-hybridized carbons (Fsp3) is 0.375. The van der Waals surface area contributed by atoms with Gasteiger partial charge >= 0.3 is 0 Å². The molecule has 3 rings (SSSR count). The molecule has 134 valence electrons. The number of ether oxygens (including phenoxy) is 1. The quantitative estimate of drug-likeness (QED) is 0.614. The smallest absolute Gasteiger partial charge is 0.266 e. The Hall–Kier alpha value is -1.58. The van der Waals surface area contributed by atoms with Gasteiger partial charge in [-0.1, -0.05) is 30.0 Å². The van der Waals surface area contributed by atoms with Crippen molar-refractivity contribution in [3.63, 3.8) is 0 Å². The number of hydrogen-bond acceptors (Lipinski definition) is 7. The lowest BCUT2D eigenvalue weighted by molar-refractivity contribution is -0.123. The Morgan fingerprint density at radius 1 is 1.48 bits per heavy atom. The minimum Gasteiger partial charge on any atom is -0.504 e. The van der Waals surface area contributed by atoms with Crippen LogP contribution in [0.25, 0.3) is 6.08 Å². The Morgan fingerprint density at radius 3 is 2.88 bits per heavy atom. The van der Waals surface area contributed by atoms with E-state index >= 15 is 0 Å². The molecule has 1 atom stereocenters. The predicted octanol–water partition coefficient (Wildman–Crippen LogP) is 2.18. The van der Waals surface area contributed by atoms with Crippen molar-refractivity contribution in [1.82, 2.24) is 4.90 Å². The monoisotopic (exact) mass is 399 g/mol. The van der Waals surface area contributed by atoms with Crippen LogP contribution in [0.1, 0.15) is 18.9 Å². The van der Waals surface area contributed by atoms with Gasteiger partial charge in [0.05, 0.1) is 29.1 Å². The summed E-state index contributed by atoms with van der Waals surface area (Å²) in [7, 11) is -3.10. The fourth-order valence-electron chi connectivity index (χ4n) is 2.82. The Kier molecular flexibility index (Phi) is 5.08. The normalized spacial score (nSPS) is 24.3. The summed E-state index contributed by atoms with van der Waals surface area (Å²) in [5.74, 6) is 0.142. The lowest BCUT2D eigenvalue weighted by Crippen LogP contribution is -2.39. The number of carbonyl (C=O) groups is 1. The predicted molar refractivity (Wildman–Crippen MR) is 101 cm³/mol. The van der Waals surface area contributed by atoms with Gasteiger partial charge in [-0.05, 0) is 37.1 Å². The highest BCUT2D eigenvalue weighted by Gasteiger charge is 2.42. The minimum absolute atomic E-state index is 0.0303. The number of thiocarbonyl (C=S) groups is 1. The molecular weight excluding hydrogens is 382 g/mol. The highest BCUT2D eigenvalue weighted by atomic mass is 32.2. The Labute approximate surface area is 155 Å². The highest BCUT2D eigenvalue weighted by molar-refractivity contribution is 8.26. The van der Waals surface area contributed by atoms with Crippen molar-refractivity contribution in [1.29, 1.82) is 0 Å². The van der Waals surface area contributed by atoms with Crippen LogP contribution in [0.4, 0.5) is 0 Å². The number of amides is 1. The van der Waals surface area contributed by atoms with E-state index in [1.165, 1.54) is 11.0 Å². The second-order valence-electron chi connectivity index (χ2n) is 5.77. The van der Waals surface area contributed by atoms with Crippen LogP contribution in [0.3, 0.4) is 0 Å². The summed E-state index contributed by atoms with van der Waals surface area (Å²) in [4.78, 5) is 14.5. The number of thioether (sulfide) groups is 1. The standard InChI is InChI=1S/C16H17NO5S3/c1-2-22-13-7-10(3-4-12(13)18)8-14-15(19)17(16(23)24-14)11-5-6-25(20,21)9-11/h3-4,7-8,11,18H,2,5-6,9H2,1H3/b14-8+. The number of sulfone groups is 1. The third kappa shape index (κ3) is 3.83. The first-order chi connectivity index (χ1) is 11.8. The van der Waals surface area contributed by atoms with Crippen molar-refractivity contribution in [3.8, 4) is 11.5 Å². The first-order valence-electron chi connectivity index (χ1n) is 7.74. The van der Waals surface area contributed by atoms with Gasteiger partial charge in [0, 0.05) is 0 Å². The zero-order chi connectivity index (χ0) is 18.2. The summed E-state index contributed by atoms with van der Waals surface area (Å²) >= 11 is 6.44. The molecule has 2 heterocycles. The lowest BCUT2D eigenvalue weighted by Gasteiger charge is -2.20. The van der Waals surface area contributed by atoms with Crippen LogP contribution >= 0.6 is 24.0 Å². The molecule has 1 N–H and O–H groups in total. The summed E-state index contributed by atoms with van der Waals surface area (Å²) in [6, 6.07) is 4.43. The van der Waals surface area contributed by atoms with Crippen molar-refractivity contribution >= 4 is 50.1 Å². The van der Waals surface area contributed by atoms with Crippen molar-refractivity contribution < 1.29 is 23.1 Å². The highest BCUT2D eigenvalue weighted by Crippen LogP contribution is 2.37. The Morgan fingerprint density at radius 2 is 2.24 bits per heavy atom. The summed E-state index contributed by atoms with van der Waals surface area (Å²) < 4.78 is 29.1. The van der Waals surface area contributed by atoms with E-state index in [2.05, 4.69) is 0 Å². The zero-order valence-electron chi connectivity index (χ0n) is 13.5. The molecule has 1 aromatic carbocycles. The second kappa shape index (κ2) is 6.97. The zero-order valence-corrected chi connectivity index (χ0v) is 15.9. The number of carbonyl (C=O) groups excluding carboxylic acids is 1. The van der Waals surface area contributed by atoms with Crippen molar-refractivity contribution in [2.45, 2.75) is 19.4 Å². The first kappa shape index (κ1) is 18.2. The maximum absolute atomic E-state index is 12.7. The Bertz CT molecular complexity index is 863. The van der Waals surface area contributed by atoms with Crippen LogP contribution < -0.4 is 4.74 Å². The van der Waals surface area contributed by atoms with Crippen LogP contribution in [0, 0.1) is 0 Å². The SMILES string of the molecule is CCOc1cc(/C=C2/SC(=S)N(C3CCS(=O)(=O)C3)C2=O)ccc1O. The van der Waals surface area contributed by atoms with Crippen LogP contribution in [0.2, 0.25) is 0 Å². The number of nitrogens with zero attached hydrogens (tertiary/aromatic N) is 1. The average molecular weight is 400 g/mol. The molecule has 0 aliphatic carbocycles. The molecular formula is C16H17NO5S3. The second-order valence-corrected chi connectivity index (χ2v) is 9.67. The topological polar surface area (TPSA) is 83.9 Å². The van der Waals surface area contributed by atoms with Crippen molar-refractivity contribution in [2.75, 3.05) is 18.1 Å². The molecule has 2 fully saturated rings. The molecule has 2 aliphatic rings. The molecule has 1 unspecified atom stereocenters. The van der Waals surface area contributed by atoms with Crippen LogP contribution in [0.5, 0.6) is 11.5 Å². The summed E-state index contributed by atoms with van der Waals surface area (Å²) in [5, 5.41) is 9.75. The van der Waals surface area contributed by atoms with Crippen LogP contribution in [-0.2, 0) is 14.6 Å². The van der Waals surface area contributed by atoms with E-state index in [0.29, 0.717) is 33.6 Å². The van der Waals surface area contributed by atoms with Gasteiger partial charge in [-0.25, -0.2) is 8.42 Å². The van der Waals surface area contributed by atoms with Crippen LogP contribution in [-0.4, -0.2) is 52.8 Å². The molecule has 6 nitrogen and oxygen atoms in total. The van der Waals surface area contributed by atoms with Gasteiger partial charge in [-0.3, -0.25) is 9.69 Å². The molecule has 25 heavy (non-hydrogen) atoms. The van der Waals surface area contributed by atoms with E-state index in [9.17, 15) is 18.3 Å². The molecule has 0 bridgehead atoms. The van der Waals surface area contributed by atoms with Gasteiger partial charge in [0.2, 0.25) is 0 Å². The number of rotatable bonds is 4. The number of benzene rings is 1. The van der Waals surface area contributed by atoms with E-state index < -0.39 is 9.84 Å². The molecule has 0 radical (unpaired) electrons. The van der Waals surface area contributed by atoms with E-state index in [1.54, 1.807) is 18.2 Å². The maximum Gasteiger partial charge on any atom is 0.266 e. The van der Waals surface area contributed by atoms with E-state index in [4.69, 9.17) is 17.0 Å². The summed E-state index contributed by atoms with van der Waals surface area (Å²) in [5.41, 5.74) is 0.695. The number of hydrogen-bond donors (Lipinski definition) is 1. The van der Waals surface area contributed by atoms with Gasteiger partial charge < -0.3 is 9.84 Å². The van der Waals surface area contributed by atoms with Crippen molar-refractivity contribution in [3.05, 3.63) is 28.7 Å². The molecule has 1 amide bonds. The lowest BCUT2D eigenvalue weighted by atomic mass is 10.1. The Balaban J connectivity index is 1.84. The fourth-order valence-corrected chi connectivity index (χ4v) is 5.92. The number of aromatic hydroxyl groups is 1.